The molecule has 0 heterocycles. The fourth-order valence-corrected chi connectivity index (χ4v) is 2.47. The predicted octanol–water partition coefficient (Wildman–Crippen LogP) is 3.25. The highest BCUT2D eigenvalue weighted by atomic mass is 16.6. The summed E-state index contributed by atoms with van der Waals surface area (Å²) in [5, 5.41) is 21.4. The lowest BCUT2D eigenvalue weighted by molar-refractivity contribution is -0.518. The third kappa shape index (κ3) is 4.79. The average Bonchev–Trinajstić information content (AvgIpc) is 2.53. The summed E-state index contributed by atoms with van der Waals surface area (Å²) in [6.45, 7) is 4.07. The van der Waals surface area contributed by atoms with E-state index in [-0.39, 0.29) is 4.92 Å². The van der Waals surface area contributed by atoms with E-state index in [1.807, 2.05) is 44.2 Å². The Morgan fingerprint density at radius 1 is 1.39 bits per heavy atom. The van der Waals surface area contributed by atoms with Crippen LogP contribution in [-0.4, -0.2) is 22.2 Å². The van der Waals surface area contributed by atoms with Gasteiger partial charge in [-0.05, 0) is 37.6 Å². The molecule has 23 heavy (non-hydrogen) atoms. The van der Waals surface area contributed by atoms with Crippen molar-refractivity contribution in [2.45, 2.75) is 32.6 Å². The average molecular weight is 315 g/mol. The predicted molar refractivity (Wildman–Crippen MR) is 88.2 cm³/mol. The highest BCUT2D eigenvalue weighted by molar-refractivity contribution is 5.25. The lowest BCUT2D eigenvalue weighted by Crippen LogP contribution is -2.35. The minimum atomic E-state index is -0.954. The van der Waals surface area contributed by atoms with Crippen molar-refractivity contribution in [3.05, 3.63) is 81.6 Å². The third-order valence-corrected chi connectivity index (χ3v) is 3.60. The number of aliphatic hydroxyl groups is 1. The number of nitro groups is 1. The highest BCUT2D eigenvalue weighted by Gasteiger charge is 2.35. The van der Waals surface area contributed by atoms with Crippen LogP contribution in [0.15, 0.2) is 66.0 Å². The maximum absolute atomic E-state index is 11.2. The normalized spacial score (nSPS) is 21.3. The van der Waals surface area contributed by atoms with Gasteiger partial charge in [-0.2, -0.15) is 0 Å². The van der Waals surface area contributed by atoms with Gasteiger partial charge in [0.05, 0.1) is 12.0 Å². The Morgan fingerprint density at radius 3 is 2.70 bits per heavy atom. The second-order valence-electron chi connectivity index (χ2n) is 5.79. The molecule has 122 valence electrons. The van der Waals surface area contributed by atoms with Gasteiger partial charge in [-0.25, -0.2) is 0 Å². The quantitative estimate of drug-likeness (QED) is 0.497. The van der Waals surface area contributed by atoms with Gasteiger partial charge in [0.15, 0.2) is 0 Å². The van der Waals surface area contributed by atoms with Crippen LogP contribution in [0.4, 0.5) is 0 Å². The summed E-state index contributed by atoms with van der Waals surface area (Å²) >= 11 is 0. The molecule has 0 bridgehead atoms. The molecule has 1 aromatic rings. The van der Waals surface area contributed by atoms with Crippen LogP contribution in [0.3, 0.4) is 0 Å². The number of aliphatic hydroxyl groups excluding tert-OH is 1. The topological polar surface area (TPSA) is 72.6 Å². The zero-order valence-electron chi connectivity index (χ0n) is 13.3. The van der Waals surface area contributed by atoms with E-state index in [2.05, 4.69) is 0 Å². The maximum atomic E-state index is 11.2. The summed E-state index contributed by atoms with van der Waals surface area (Å²) < 4.78 is 5.70. The SMILES string of the molecule is CC(C)=CC(O)C1C=C(OCc2ccccc2)C=CC1[N+](=O)[O-]. The van der Waals surface area contributed by atoms with Crippen LogP contribution < -0.4 is 0 Å². The smallest absolute Gasteiger partial charge is 0.240 e. The zero-order chi connectivity index (χ0) is 16.8. The van der Waals surface area contributed by atoms with Gasteiger partial charge in [-0.15, -0.1) is 0 Å². The van der Waals surface area contributed by atoms with Gasteiger partial charge in [-0.3, -0.25) is 10.1 Å². The van der Waals surface area contributed by atoms with Crippen molar-refractivity contribution in [2.75, 3.05) is 0 Å². The van der Waals surface area contributed by atoms with E-state index in [0.717, 1.165) is 11.1 Å². The third-order valence-electron chi connectivity index (χ3n) is 3.60. The molecule has 1 aliphatic rings. The largest absolute Gasteiger partial charge is 0.489 e. The lowest BCUT2D eigenvalue weighted by atomic mass is 9.88. The Hall–Kier alpha value is -2.40. The molecule has 0 fully saturated rings. The van der Waals surface area contributed by atoms with E-state index in [4.69, 9.17) is 4.74 Å². The first-order chi connectivity index (χ1) is 11.0. The molecule has 3 atom stereocenters. The van der Waals surface area contributed by atoms with Gasteiger partial charge in [0.2, 0.25) is 6.04 Å². The monoisotopic (exact) mass is 315 g/mol. The van der Waals surface area contributed by atoms with Crippen LogP contribution in [0.5, 0.6) is 0 Å². The minimum absolute atomic E-state index is 0.381. The Labute approximate surface area is 135 Å². The van der Waals surface area contributed by atoms with Crippen molar-refractivity contribution in [1.29, 1.82) is 0 Å². The Bertz CT molecular complexity index is 630. The summed E-state index contributed by atoms with van der Waals surface area (Å²) in [4.78, 5) is 10.8. The van der Waals surface area contributed by atoms with Gasteiger partial charge < -0.3 is 9.84 Å². The molecular formula is C18H21NO4. The van der Waals surface area contributed by atoms with Crippen molar-refractivity contribution < 1.29 is 14.8 Å². The number of nitrogens with zero attached hydrogens (tertiary/aromatic N) is 1. The molecule has 0 spiro atoms. The molecule has 1 aromatic carbocycles. The van der Waals surface area contributed by atoms with Crippen molar-refractivity contribution in [3.63, 3.8) is 0 Å². The molecule has 0 radical (unpaired) electrons. The Morgan fingerprint density at radius 2 is 2.09 bits per heavy atom. The van der Waals surface area contributed by atoms with Crippen molar-refractivity contribution in [1.82, 2.24) is 0 Å². The summed E-state index contributed by atoms with van der Waals surface area (Å²) in [6.07, 6.45) is 5.43. The minimum Gasteiger partial charge on any atom is -0.489 e. The van der Waals surface area contributed by atoms with Crippen LogP contribution in [-0.2, 0) is 11.3 Å². The fourth-order valence-electron chi connectivity index (χ4n) is 2.47. The molecule has 0 aliphatic heterocycles. The zero-order valence-corrected chi connectivity index (χ0v) is 13.3. The van der Waals surface area contributed by atoms with Crippen molar-refractivity contribution in [3.8, 4) is 0 Å². The molecule has 0 amide bonds. The molecule has 0 saturated carbocycles. The van der Waals surface area contributed by atoms with Gasteiger partial charge in [0.25, 0.3) is 0 Å². The van der Waals surface area contributed by atoms with Crippen LogP contribution >= 0.6 is 0 Å². The second kappa shape index (κ2) is 7.74. The first kappa shape index (κ1) is 17.0. The Balaban J connectivity index is 2.12. The molecule has 1 N–H and O–H groups in total. The van der Waals surface area contributed by atoms with Gasteiger partial charge >= 0.3 is 0 Å². The number of ether oxygens (including phenoxy) is 1. The Kier molecular flexibility index (Phi) is 5.71. The summed E-state index contributed by atoms with van der Waals surface area (Å²) in [5.74, 6) is -0.103. The van der Waals surface area contributed by atoms with E-state index < -0.39 is 18.1 Å². The molecule has 5 heteroatoms. The summed E-state index contributed by atoms with van der Waals surface area (Å²) in [6, 6.07) is 8.72. The first-order valence-electron chi connectivity index (χ1n) is 7.50. The van der Waals surface area contributed by atoms with Crippen LogP contribution in [0.1, 0.15) is 19.4 Å². The summed E-state index contributed by atoms with van der Waals surface area (Å²) in [5.41, 5.74) is 1.92. The number of allylic oxidation sites excluding steroid dienone is 2. The van der Waals surface area contributed by atoms with Gasteiger partial charge in [0.1, 0.15) is 12.4 Å². The first-order valence-corrected chi connectivity index (χ1v) is 7.50. The standard InChI is InChI=1S/C18H21NO4/c1-13(2)10-18(20)16-11-15(8-9-17(16)19(21)22)23-12-14-6-4-3-5-7-14/h3-11,16-18,20H,12H2,1-2H3. The molecule has 0 aromatic heterocycles. The molecule has 5 nitrogen and oxygen atoms in total. The van der Waals surface area contributed by atoms with E-state index in [1.165, 1.54) is 6.08 Å². The van der Waals surface area contributed by atoms with Crippen molar-refractivity contribution in [2.24, 2.45) is 5.92 Å². The highest BCUT2D eigenvalue weighted by Crippen LogP contribution is 2.25. The van der Waals surface area contributed by atoms with Crippen LogP contribution in [0.2, 0.25) is 0 Å². The van der Waals surface area contributed by atoms with Gasteiger partial charge in [-0.1, -0.05) is 42.0 Å². The second-order valence-corrected chi connectivity index (χ2v) is 5.79. The van der Waals surface area contributed by atoms with E-state index in [1.54, 1.807) is 18.2 Å². The lowest BCUT2D eigenvalue weighted by Gasteiger charge is -2.23. The van der Waals surface area contributed by atoms with E-state index >= 15 is 0 Å². The summed E-state index contributed by atoms with van der Waals surface area (Å²) in [7, 11) is 0. The number of benzene rings is 1. The molecular weight excluding hydrogens is 294 g/mol. The fraction of sp³-hybridized carbons (Fsp3) is 0.333. The molecule has 1 aliphatic carbocycles. The molecule has 3 unspecified atom stereocenters. The number of rotatable bonds is 6. The number of hydrogen-bond donors (Lipinski definition) is 1. The van der Waals surface area contributed by atoms with Crippen molar-refractivity contribution >= 4 is 0 Å². The maximum Gasteiger partial charge on any atom is 0.240 e. The van der Waals surface area contributed by atoms with Gasteiger partial charge in [0, 0.05) is 4.92 Å². The van der Waals surface area contributed by atoms with E-state index in [0.29, 0.717) is 12.4 Å². The molecule has 0 saturated heterocycles. The van der Waals surface area contributed by atoms with Crippen LogP contribution in [0.25, 0.3) is 0 Å². The van der Waals surface area contributed by atoms with E-state index in [9.17, 15) is 15.2 Å². The van der Waals surface area contributed by atoms with Crippen LogP contribution in [0, 0.1) is 16.0 Å². The molecule has 2 rings (SSSR count). The number of hydrogen-bond acceptors (Lipinski definition) is 4.